The van der Waals surface area contributed by atoms with E-state index >= 15 is 0 Å². The van der Waals surface area contributed by atoms with E-state index in [2.05, 4.69) is 15.9 Å². The van der Waals surface area contributed by atoms with Crippen LogP contribution in [0.15, 0.2) is 50.4 Å². The molecule has 0 N–H and O–H groups in total. The van der Waals surface area contributed by atoms with Crippen molar-refractivity contribution in [2.75, 3.05) is 7.05 Å². The van der Waals surface area contributed by atoms with E-state index < -0.39 is 10.0 Å². The highest BCUT2D eigenvalue weighted by atomic mass is 79.9. The van der Waals surface area contributed by atoms with Crippen LogP contribution < -0.4 is 0 Å². The van der Waals surface area contributed by atoms with E-state index in [1.165, 1.54) is 4.31 Å². The highest BCUT2D eigenvalue weighted by molar-refractivity contribution is 9.10. The molecular formula is C13H14BrNO3S. The van der Waals surface area contributed by atoms with Crippen molar-refractivity contribution in [2.24, 2.45) is 0 Å². The molecule has 0 aliphatic heterocycles. The van der Waals surface area contributed by atoms with E-state index in [1.807, 2.05) is 6.92 Å². The van der Waals surface area contributed by atoms with Crippen molar-refractivity contribution in [1.82, 2.24) is 4.31 Å². The van der Waals surface area contributed by atoms with Gasteiger partial charge in [-0.2, -0.15) is 4.31 Å². The van der Waals surface area contributed by atoms with Crippen LogP contribution in [0.3, 0.4) is 0 Å². The standard InChI is InChI=1S/C13H14BrNO3S/c1-10-11(6-7-18-10)9-15(2)19(16,17)13-5-3-4-12(14)8-13/h3-8H,9H2,1-2H3. The Labute approximate surface area is 121 Å². The lowest BCUT2D eigenvalue weighted by atomic mass is 10.3. The van der Waals surface area contributed by atoms with Crippen molar-refractivity contribution in [3.05, 3.63) is 52.4 Å². The molecule has 0 unspecified atom stereocenters. The third kappa shape index (κ3) is 3.08. The van der Waals surface area contributed by atoms with Crippen LogP contribution >= 0.6 is 15.9 Å². The summed E-state index contributed by atoms with van der Waals surface area (Å²) >= 11 is 3.28. The van der Waals surface area contributed by atoms with Gasteiger partial charge in [-0.05, 0) is 31.2 Å². The van der Waals surface area contributed by atoms with Crippen LogP contribution in [0, 0.1) is 6.92 Å². The maximum atomic E-state index is 12.4. The molecule has 0 radical (unpaired) electrons. The first-order chi connectivity index (χ1) is 8.91. The van der Waals surface area contributed by atoms with Crippen LogP contribution in [0.1, 0.15) is 11.3 Å². The highest BCUT2D eigenvalue weighted by Gasteiger charge is 2.22. The molecule has 0 fully saturated rings. The fraction of sp³-hybridized carbons (Fsp3) is 0.231. The number of halogens is 1. The number of furan rings is 1. The van der Waals surface area contributed by atoms with Gasteiger partial charge in [0.25, 0.3) is 0 Å². The Bertz CT molecular complexity index is 679. The van der Waals surface area contributed by atoms with Gasteiger partial charge in [-0.1, -0.05) is 22.0 Å². The molecule has 0 spiro atoms. The second kappa shape index (κ2) is 5.48. The minimum Gasteiger partial charge on any atom is -0.469 e. The first-order valence-corrected chi connectivity index (χ1v) is 7.89. The first-order valence-electron chi connectivity index (χ1n) is 5.66. The van der Waals surface area contributed by atoms with Crippen LogP contribution in [0.5, 0.6) is 0 Å². The topological polar surface area (TPSA) is 50.5 Å². The molecule has 1 aromatic heterocycles. The number of sulfonamides is 1. The van der Waals surface area contributed by atoms with E-state index in [0.29, 0.717) is 0 Å². The van der Waals surface area contributed by atoms with E-state index in [-0.39, 0.29) is 11.4 Å². The third-order valence-electron chi connectivity index (χ3n) is 2.86. The van der Waals surface area contributed by atoms with Gasteiger partial charge < -0.3 is 4.42 Å². The molecule has 2 rings (SSSR count). The number of benzene rings is 1. The van der Waals surface area contributed by atoms with Crippen molar-refractivity contribution >= 4 is 26.0 Å². The van der Waals surface area contributed by atoms with Crippen molar-refractivity contribution < 1.29 is 12.8 Å². The van der Waals surface area contributed by atoms with Gasteiger partial charge >= 0.3 is 0 Å². The predicted octanol–water partition coefficient (Wildman–Crippen LogP) is 3.17. The van der Waals surface area contributed by atoms with Gasteiger partial charge in [0.1, 0.15) is 5.76 Å². The molecule has 0 aliphatic rings. The van der Waals surface area contributed by atoms with Gasteiger partial charge in [-0.25, -0.2) is 8.42 Å². The zero-order valence-corrected chi connectivity index (χ0v) is 13.0. The van der Waals surface area contributed by atoms with Crippen LogP contribution in [0.2, 0.25) is 0 Å². The second-order valence-electron chi connectivity index (χ2n) is 4.22. The Balaban J connectivity index is 2.27. The molecule has 1 aromatic carbocycles. The number of nitrogens with zero attached hydrogens (tertiary/aromatic N) is 1. The van der Waals surface area contributed by atoms with Crippen molar-refractivity contribution in [1.29, 1.82) is 0 Å². The molecule has 102 valence electrons. The fourth-order valence-corrected chi connectivity index (χ4v) is 3.45. The Morgan fingerprint density at radius 1 is 1.32 bits per heavy atom. The van der Waals surface area contributed by atoms with E-state index in [1.54, 1.807) is 43.6 Å². The minimum atomic E-state index is -3.49. The molecular weight excluding hydrogens is 330 g/mol. The quantitative estimate of drug-likeness (QED) is 0.856. The first kappa shape index (κ1) is 14.3. The lowest BCUT2D eigenvalue weighted by Gasteiger charge is -2.17. The van der Waals surface area contributed by atoms with Crippen LogP contribution in [-0.2, 0) is 16.6 Å². The monoisotopic (exact) mass is 343 g/mol. The smallest absolute Gasteiger partial charge is 0.243 e. The SMILES string of the molecule is Cc1occc1CN(C)S(=O)(=O)c1cccc(Br)c1. The Morgan fingerprint density at radius 3 is 2.63 bits per heavy atom. The molecule has 0 saturated carbocycles. The number of aryl methyl sites for hydroxylation is 1. The van der Waals surface area contributed by atoms with E-state index in [9.17, 15) is 8.42 Å². The predicted molar refractivity (Wildman–Crippen MR) is 76.2 cm³/mol. The summed E-state index contributed by atoms with van der Waals surface area (Å²) < 4.78 is 32.0. The second-order valence-corrected chi connectivity index (χ2v) is 7.18. The lowest BCUT2D eigenvalue weighted by molar-refractivity contribution is 0.459. The molecule has 1 heterocycles. The minimum absolute atomic E-state index is 0.269. The molecule has 0 bridgehead atoms. The summed E-state index contributed by atoms with van der Waals surface area (Å²) in [6.07, 6.45) is 1.56. The average Bonchev–Trinajstić information content (AvgIpc) is 2.75. The zero-order valence-electron chi connectivity index (χ0n) is 10.6. The summed E-state index contributed by atoms with van der Waals surface area (Å²) in [7, 11) is -1.93. The molecule has 0 aliphatic carbocycles. The third-order valence-corrected chi connectivity index (χ3v) is 5.16. The molecule has 2 aromatic rings. The van der Waals surface area contributed by atoms with E-state index in [0.717, 1.165) is 15.8 Å². The molecule has 0 atom stereocenters. The maximum absolute atomic E-state index is 12.4. The Kier molecular flexibility index (Phi) is 4.13. The largest absolute Gasteiger partial charge is 0.469 e. The van der Waals surface area contributed by atoms with Gasteiger partial charge in [-0.15, -0.1) is 0 Å². The van der Waals surface area contributed by atoms with Crippen molar-refractivity contribution in [3.63, 3.8) is 0 Å². The fourth-order valence-electron chi connectivity index (χ4n) is 1.71. The zero-order chi connectivity index (χ0) is 14.0. The van der Waals surface area contributed by atoms with Crippen LogP contribution in [-0.4, -0.2) is 19.8 Å². The number of hydrogen-bond donors (Lipinski definition) is 0. The molecule has 0 saturated heterocycles. The molecule has 4 nitrogen and oxygen atoms in total. The molecule has 19 heavy (non-hydrogen) atoms. The summed E-state index contributed by atoms with van der Waals surface area (Å²) in [5, 5.41) is 0. The molecule has 0 amide bonds. The van der Waals surface area contributed by atoms with Gasteiger partial charge in [-0.3, -0.25) is 0 Å². The maximum Gasteiger partial charge on any atom is 0.243 e. The van der Waals surface area contributed by atoms with Crippen molar-refractivity contribution in [3.8, 4) is 0 Å². The Morgan fingerprint density at radius 2 is 2.05 bits per heavy atom. The van der Waals surface area contributed by atoms with Gasteiger partial charge in [0.15, 0.2) is 0 Å². The Hall–Kier alpha value is -1.11. The number of rotatable bonds is 4. The lowest BCUT2D eigenvalue weighted by Crippen LogP contribution is -2.26. The van der Waals surface area contributed by atoms with Crippen LogP contribution in [0.4, 0.5) is 0 Å². The normalized spacial score (nSPS) is 12.0. The summed E-state index contributed by atoms with van der Waals surface area (Å²) in [5.74, 6) is 0.733. The van der Waals surface area contributed by atoms with Gasteiger partial charge in [0, 0.05) is 23.6 Å². The molecule has 6 heteroatoms. The average molecular weight is 344 g/mol. The van der Waals surface area contributed by atoms with Gasteiger partial charge in [0.05, 0.1) is 11.2 Å². The summed E-state index contributed by atoms with van der Waals surface area (Å²) in [5.41, 5.74) is 0.862. The summed E-state index contributed by atoms with van der Waals surface area (Å²) in [6, 6.07) is 8.45. The van der Waals surface area contributed by atoms with Crippen molar-refractivity contribution in [2.45, 2.75) is 18.4 Å². The number of hydrogen-bond acceptors (Lipinski definition) is 3. The van der Waals surface area contributed by atoms with Gasteiger partial charge in [0.2, 0.25) is 10.0 Å². The highest BCUT2D eigenvalue weighted by Crippen LogP contribution is 2.21. The summed E-state index contributed by atoms with van der Waals surface area (Å²) in [4.78, 5) is 0.269. The van der Waals surface area contributed by atoms with E-state index in [4.69, 9.17) is 4.42 Å². The van der Waals surface area contributed by atoms with Crippen LogP contribution in [0.25, 0.3) is 0 Å². The summed E-state index contributed by atoms with van der Waals surface area (Å²) in [6.45, 7) is 2.10.